The molecule has 0 aromatic heterocycles. The number of ether oxygens (including phenoxy) is 1. The van der Waals surface area contributed by atoms with Gasteiger partial charge in [0.1, 0.15) is 0 Å². The molecule has 2 fully saturated rings. The van der Waals surface area contributed by atoms with Gasteiger partial charge in [0, 0.05) is 37.9 Å². The van der Waals surface area contributed by atoms with Gasteiger partial charge in [0.15, 0.2) is 0 Å². The van der Waals surface area contributed by atoms with Crippen LogP contribution in [-0.4, -0.2) is 67.0 Å². The normalized spacial score (nSPS) is 25.9. The van der Waals surface area contributed by atoms with Crippen LogP contribution in [0.25, 0.3) is 0 Å². The fraction of sp³-hybridized carbons (Fsp3) is 0.923. The first-order valence-corrected chi connectivity index (χ1v) is 8.05. The molecule has 2 heterocycles. The molecule has 2 aliphatic rings. The number of hydrogen-bond donors (Lipinski definition) is 0. The number of halogens is 1. The Balaban J connectivity index is 1.56. The number of amides is 1. The van der Waals surface area contributed by atoms with Gasteiger partial charge in [-0.25, -0.2) is 0 Å². The standard InChI is InChI=1S/C13H23BrN2O2/c14-10-12-9-13(17)16(11-12)4-2-1-3-15-5-7-18-8-6-15/h12H,1-11H2. The Morgan fingerprint density at radius 3 is 2.61 bits per heavy atom. The summed E-state index contributed by atoms with van der Waals surface area (Å²) in [6.07, 6.45) is 3.04. The second-order valence-corrected chi connectivity index (χ2v) is 5.87. The molecule has 18 heavy (non-hydrogen) atoms. The highest BCUT2D eigenvalue weighted by atomic mass is 79.9. The molecule has 0 aliphatic carbocycles. The molecule has 0 aromatic carbocycles. The lowest BCUT2D eigenvalue weighted by Gasteiger charge is -2.26. The molecule has 2 rings (SSSR count). The lowest BCUT2D eigenvalue weighted by Crippen LogP contribution is -2.37. The first-order chi connectivity index (χ1) is 8.79. The largest absolute Gasteiger partial charge is 0.379 e. The molecule has 2 saturated heterocycles. The molecule has 1 amide bonds. The van der Waals surface area contributed by atoms with E-state index in [0.29, 0.717) is 11.8 Å². The molecule has 0 bridgehead atoms. The van der Waals surface area contributed by atoms with E-state index in [1.807, 2.05) is 4.90 Å². The summed E-state index contributed by atoms with van der Waals surface area (Å²) < 4.78 is 5.33. The predicted octanol–water partition coefficient (Wildman–Crippen LogP) is 1.34. The number of rotatable bonds is 6. The van der Waals surface area contributed by atoms with Crippen LogP contribution in [0.3, 0.4) is 0 Å². The van der Waals surface area contributed by atoms with Crippen LogP contribution in [0.15, 0.2) is 0 Å². The summed E-state index contributed by atoms with van der Waals surface area (Å²) in [4.78, 5) is 16.2. The van der Waals surface area contributed by atoms with E-state index in [1.165, 1.54) is 6.42 Å². The van der Waals surface area contributed by atoms with E-state index < -0.39 is 0 Å². The van der Waals surface area contributed by atoms with Crippen molar-refractivity contribution in [1.82, 2.24) is 9.80 Å². The second kappa shape index (κ2) is 7.46. The average Bonchev–Trinajstić information content (AvgIpc) is 2.77. The van der Waals surface area contributed by atoms with Crippen molar-refractivity contribution in [3.63, 3.8) is 0 Å². The molecule has 0 saturated carbocycles. The minimum Gasteiger partial charge on any atom is -0.379 e. The first-order valence-electron chi connectivity index (χ1n) is 6.93. The Morgan fingerprint density at radius 1 is 1.22 bits per heavy atom. The van der Waals surface area contributed by atoms with E-state index >= 15 is 0 Å². The van der Waals surface area contributed by atoms with Gasteiger partial charge in [-0.2, -0.15) is 0 Å². The van der Waals surface area contributed by atoms with Crippen LogP contribution in [0.4, 0.5) is 0 Å². The molecule has 5 heteroatoms. The number of nitrogens with zero attached hydrogens (tertiary/aromatic N) is 2. The average molecular weight is 319 g/mol. The zero-order chi connectivity index (χ0) is 12.8. The molecule has 0 aromatic rings. The van der Waals surface area contributed by atoms with Crippen LogP contribution in [0.1, 0.15) is 19.3 Å². The molecular formula is C13H23BrN2O2. The third kappa shape index (κ3) is 4.21. The molecule has 4 nitrogen and oxygen atoms in total. The van der Waals surface area contributed by atoms with Crippen LogP contribution < -0.4 is 0 Å². The summed E-state index contributed by atoms with van der Waals surface area (Å²) in [5.41, 5.74) is 0. The molecule has 0 N–H and O–H groups in total. The third-order valence-corrected chi connectivity index (χ3v) is 4.68. The van der Waals surface area contributed by atoms with Crippen molar-refractivity contribution in [1.29, 1.82) is 0 Å². The quantitative estimate of drug-likeness (QED) is 0.547. The van der Waals surface area contributed by atoms with Gasteiger partial charge < -0.3 is 9.64 Å². The number of likely N-dealkylation sites (tertiary alicyclic amines) is 1. The van der Waals surface area contributed by atoms with Gasteiger partial charge in [-0.15, -0.1) is 0 Å². The highest BCUT2D eigenvalue weighted by Gasteiger charge is 2.27. The Bertz CT molecular complexity index is 270. The Morgan fingerprint density at radius 2 is 1.94 bits per heavy atom. The van der Waals surface area contributed by atoms with Gasteiger partial charge in [-0.1, -0.05) is 15.9 Å². The molecular weight excluding hydrogens is 296 g/mol. The van der Waals surface area contributed by atoms with Crippen molar-refractivity contribution in [2.24, 2.45) is 5.92 Å². The minimum atomic E-state index is 0.339. The van der Waals surface area contributed by atoms with Crippen molar-refractivity contribution in [3.8, 4) is 0 Å². The number of alkyl halides is 1. The summed E-state index contributed by atoms with van der Waals surface area (Å²) in [6, 6.07) is 0. The highest BCUT2D eigenvalue weighted by molar-refractivity contribution is 9.09. The number of carbonyl (C=O) groups is 1. The Kier molecular flexibility index (Phi) is 5.92. The third-order valence-electron chi connectivity index (χ3n) is 3.77. The highest BCUT2D eigenvalue weighted by Crippen LogP contribution is 2.19. The zero-order valence-corrected chi connectivity index (χ0v) is 12.5. The lowest BCUT2D eigenvalue weighted by molar-refractivity contribution is -0.127. The van der Waals surface area contributed by atoms with Crippen molar-refractivity contribution in [2.45, 2.75) is 19.3 Å². The van der Waals surface area contributed by atoms with Crippen LogP contribution in [0.5, 0.6) is 0 Å². The smallest absolute Gasteiger partial charge is 0.222 e. The monoisotopic (exact) mass is 318 g/mol. The molecule has 0 radical (unpaired) electrons. The van der Waals surface area contributed by atoms with Crippen molar-refractivity contribution in [2.75, 3.05) is 51.3 Å². The summed E-state index contributed by atoms with van der Waals surface area (Å²) in [5.74, 6) is 0.863. The van der Waals surface area contributed by atoms with Crippen molar-refractivity contribution in [3.05, 3.63) is 0 Å². The predicted molar refractivity (Wildman–Crippen MR) is 75.0 cm³/mol. The van der Waals surface area contributed by atoms with E-state index in [1.54, 1.807) is 0 Å². The summed E-state index contributed by atoms with van der Waals surface area (Å²) >= 11 is 3.47. The summed E-state index contributed by atoms with van der Waals surface area (Å²) in [5, 5.41) is 0.947. The van der Waals surface area contributed by atoms with Gasteiger partial charge >= 0.3 is 0 Å². The van der Waals surface area contributed by atoms with Gasteiger partial charge in [0.05, 0.1) is 13.2 Å². The summed E-state index contributed by atoms with van der Waals surface area (Å²) in [7, 11) is 0. The molecule has 104 valence electrons. The van der Waals surface area contributed by atoms with Crippen LogP contribution in [0.2, 0.25) is 0 Å². The van der Waals surface area contributed by atoms with Crippen LogP contribution in [0, 0.1) is 5.92 Å². The fourth-order valence-electron chi connectivity index (χ4n) is 2.64. The maximum atomic E-state index is 11.7. The van der Waals surface area contributed by atoms with Crippen molar-refractivity contribution < 1.29 is 9.53 Å². The fourth-order valence-corrected chi connectivity index (χ4v) is 3.07. The zero-order valence-electron chi connectivity index (χ0n) is 10.9. The topological polar surface area (TPSA) is 32.8 Å². The number of carbonyl (C=O) groups excluding carboxylic acids is 1. The lowest BCUT2D eigenvalue weighted by atomic mass is 10.2. The van der Waals surface area contributed by atoms with Crippen LogP contribution in [-0.2, 0) is 9.53 Å². The maximum absolute atomic E-state index is 11.7. The van der Waals surface area contributed by atoms with E-state index in [2.05, 4.69) is 20.8 Å². The van der Waals surface area contributed by atoms with Gasteiger partial charge in [0.2, 0.25) is 5.91 Å². The molecule has 1 atom stereocenters. The number of unbranched alkanes of at least 4 members (excludes halogenated alkanes) is 1. The minimum absolute atomic E-state index is 0.339. The van der Waals surface area contributed by atoms with Gasteiger partial charge in [0.25, 0.3) is 0 Å². The molecule has 2 aliphatic heterocycles. The van der Waals surface area contributed by atoms with E-state index in [-0.39, 0.29) is 0 Å². The van der Waals surface area contributed by atoms with E-state index in [4.69, 9.17) is 4.74 Å². The van der Waals surface area contributed by atoms with Crippen LogP contribution >= 0.6 is 15.9 Å². The number of hydrogen-bond acceptors (Lipinski definition) is 3. The van der Waals surface area contributed by atoms with E-state index in [0.717, 1.165) is 64.1 Å². The van der Waals surface area contributed by atoms with E-state index in [9.17, 15) is 4.79 Å². The SMILES string of the molecule is O=C1CC(CBr)CN1CCCCN1CCOCC1. The number of morpholine rings is 1. The van der Waals surface area contributed by atoms with Gasteiger partial charge in [-0.3, -0.25) is 9.69 Å². The Hall–Kier alpha value is -0.130. The maximum Gasteiger partial charge on any atom is 0.222 e. The Labute approximate surface area is 118 Å². The second-order valence-electron chi connectivity index (χ2n) is 5.23. The molecule has 0 spiro atoms. The van der Waals surface area contributed by atoms with Gasteiger partial charge in [-0.05, 0) is 25.3 Å². The summed E-state index contributed by atoms with van der Waals surface area (Å²) in [6.45, 7) is 6.90. The first kappa shape index (κ1) is 14.3. The van der Waals surface area contributed by atoms with Crippen molar-refractivity contribution >= 4 is 21.8 Å². The molecule has 1 unspecified atom stereocenters.